The first-order chi connectivity index (χ1) is 18.9. The van der Waals surface area contributed by atoms with Crippen molar-refractivity contribution in [1.82, 2.24) is 9.88 Å². The van der Waals surface area contributed by atoms with Crippen LogP contribution in [-0.2, 0) is 17.8 Å². The van der Waals surface area contributed by atoms with Crippen LogP contribution in [0, 0.1) is 0 Å². The number of methoxy groups -OCH3 is 1. The number of carbonyl (C=O) groups excluding carboxylic acids is 3. The van der Waals surface area contributed by atoms with E-state index in [4.69, 9.17) is 16.3 Å². The number of aromatic nitrogens is 1. The molecule has 5 rings (SSSR count). The largest absolute Gasteiger partial charge is 0.497 e. The van der Waals surface area contributed by atoms with E-state index in [1.807, 2.05) is 24.3 Å². The van der Waals surface area contributed by atoms with Gasteiger partial charge in [0.15, 0.2) is 0 Å². The molecule has 9 heteroatoms. The lowest BCUT2D eigenvalue weighted by atomic mass is 10.0. The van der Waals surface area contributed by atoms with Crippen LogP contribution in [-0.4, -0.2) is 40.8 Å². The summed E-state index contributed by atoms with van der Waals surface area (Å²) < 4.78 is 5.24. The molecule has 1 atom stereocenters. The second kappa shape index (κ2) is 11.4. The number of hydrogen-bond donors (Lipinski definition) is 2. The summed E-state index contributed by atoms with van der Waals surface area (Å²) in [6.45, 7) is 0.164. The molecule has 0 aliphatic carbocycles. The van der Waals surface area contributed by atoms with E-state index in [0.29, 0.717) is 39.8 Å². The third-order valence-electron chi connectivity index (χ3n) is 6.47. The van der Waals surface area contributed by atoms with Gasteiger partial charge in [0.25, 0.3) is 11.8 Å². The number of halogens is 1. The fourth-order valence-electron chi connectivity index (χ4n) is 4.41. The highest BCUT2D eigenvalue weighted by Crippen LogP contribution is 2.29. The molecule has 8 nitrogen and oxygen atoms in total. The van der Waals surface area contributed by atoms with Crippen molar-refractivity contribution in [1.29, 1.82) is 0 Å². The fraction of sp³-hybridized carbons (Fsp3) is 0.133. The summed E-state index contributed by atoms with van der Waals surface area (Å²) in [6.07, 6.45) is 1.90. The van der Waals surface area contributed by atoms with Gasteiger partial charge in [0.1, 0.15) is 17.6 Å². The predicted molar refractivity (Wildman–Crippen MR) is 149 cm³/mol. The summed E-state index contributed by atoms with van der Waals surface area (Å²) in [7, 11) is 1.59. The number of carbonyl (C=O) groups is 3. The highest BCUT2D eigenvalue weighted by Gasteiger charge is 2.35. The Bertz CT molecular complexity index is 1510. The number of pyridine rings is 1. The van der Waals surface area contributed by atoms with Crippen LogP contribution in [0.4, 0.5) is 11.5 Å². The SMILES string of the molecule is COc1ccc(C[C@@H]2C(=O)Nc3cc(Cl)ccc3C(=O)N2Cc2ccc(C(=O)Nc3ccccn3)cc2)cc1. The molecule has 3 aromatic carbocycles. The Morgan fingerprint density at radius 2 is 1.74 bits per heavy atom. The van der Waals surface area contributed by atoms with Crippen molar-refractivity contribution >= 4 is 40.8 Å². The lowest BCUT2D eigenvalue weighted by molar-refractivity contribution is -0.120. The minimum atomic E-state index is -0.788. The first-order valence-corrected chi connectivity index (χ1v) is 12.6. The number of hydrogen-bond acceptors (Lipinski definition) is 5. The molecule has 1 aliphatic rings. The van der Waals surface area contributed by atoms with E-state index in [0.717, 1.165) is 11.1 Å². The minimum absolute atomic E-state index is 0.164. The standard InChI is InChI=1S/C30H25ClN4O4/c1-39-23-12-7-19(8-13-23)16-26-29(37)33-25-17-22(31)11-14-24(25)30(38)35(26)18-20-5-9-21(10-6-20)28(36)34-27-4-2-3-15-32-27/h2-15,17,26H,16,18H2,1H3,(H,33,37)(H,32,34,36)/t26-/m1/s1. The minimum Gasteiger partial charge on any atom is -0.497 e. The first kappa shape index (κ1) is 25.9. The highest BCUT2D eigenvalue weighted by molar-refractivity contribution is 6.31. The van der Waals surface area contributed by atoms with E-state index in [9.17, 15) is 14.4 Å². The summed E-state index contributed by atoms with van der Waals surface area (Å²) in [5, 5.41) is 6.05. The van der Waals surface area contributed by atoms with Crippen molar-refractivity contribution in [2.75, 3.05) is 17.7 Å². The molecule has 196 valence electrons. The molecular weight excluding hydrogens is 516 g/mol. The Labute approximate surface area is 230 Å². The highest BCUT2D eigenvalue weighted by atomic mass is 35.5. The van der Waals surface area contributed by atoms with Crippen LogP contribution in [0.3, 0.4) is 0 Å². The molecule has 0 fully saturated rings. The maximum absolute atomic E-state index is 13.8. The Hall–Kier alpha value is -4.69. The molecule has 39 heavy (non-hydrogen) atoms. The van der Waals surface area contributed by atoms with Crippen LogP contribution in [0.25, 0.3) is 0 Å². The smallest absolute Gasteiger partial charge is 0.256 e. The molecule has 0 unspecified atom stereocenters. The Morgan fingerprint density at radius 1 is 1.00 bits per heavy atom. The molecule has 4 aromatic rings. The molecule has 1 aromatic heterocycles. The van der Waals surface area contributed by atoms with Crippen LogP contribution in [0.2, 0.25) is 5.02 Å². The molecule has 0 bridgehead atoms. The van der Waals surface area contributed by atoms with E-state index < -0.39 is 6.04 Å². The van der Waals surface area contributed by atoms with Crippen molar-refractivity contribution in [2.24, 2.45) is 0 Å². The van der Waals surface area contributed by atoms with Gasteiger partial charge in [0, 0.05) is 29.7 Å². The lowest BCUT2D eigenvalue weighted by Gasteiger charge is -2.29. The predicted octanol–water partition coefficient (Wildman–Crippen LogP) is 5.20. The summed E-state index contributed by atoms with van der Waals surface area (Å²) in [6, 6.07) is 23.6. The number of nitrogens with one attached hydrogen (secondary N) is 2. The van der Waals surface area contributed by atoms with E-state index >= 15 is 0 Å². The number of nitrogens with zero attached hydrogens (tertiary/aromatic N) is 2. The Morgan fingerprint density at radius 3 is 2.44 bits per heavy atom. The van der Waals surface area contributed by atoms with Gasteiger partial charge in [-0.15, -0.1) is 0 Å². The number of fused-ring (bicyclic) bond motifs is 1. The van der Waals surface area contributed by atoms with Crippen molar-refractivity contribution in [3.63, 3.8) is 0 Å². The summed E-state index contributed by atoms with van der Waals surface area (Å²) in [4.78, 5) is 45.5. The number of anilines is 2. The van der Waals surface area contributed by atoms with Crippen LogP contribution >= 0.6 is 11.6 Å². The molecule has 0 saturated carbocycles. The Balaban J connectivity index is 1.42. The van der Waals surface area contributed by atoms with Crippen molar-refractivity contribution in [3.05, 3.63) is 118 Å². The van der Waals surface area contributed by atoms with Gasteiger partial charge in [-0.1, -0.05) is 41.9 Å². The average Bonchev–Trinajstić information content (AvgIpc) is 3.04. The normalized spacial score (nSPS) is 14.7. The summed E-state index contributed by atoms with van der Waals surface area (Å²) in [5.41, 5.74) is 2.82. The zero-order valence-corrected chi connectivity index (χ0v) is 21.8. The number of amides is 3. The van der Waals surface area contributed by atoms with E-state index in [-0.39, 0.29) is 24.3 Å². The third-order valence-corrected chi connectivity index (χ3v) is 6.71. The van der Waals surface area contributed by atoms with Gasteiger partial charge in [0.05, 0.1) is 18.4 Å². The Kier molecular flexibility index (Phi) is 7.56. The maximum atomic E-state index is 13.8. The quantitative estimate of drug-likeness (QED) is 0.335. The van der Waals surface area contributed by atoms with Crippen LogP contribution in [0.5, 0.6) is 5.75 Å². The third kappa shape index (κ3) is 5.91. The number of ether oxygens (including phenoxy) is 1. The molecule has 2 N–H and O–H groups in total. The number of benzene rings is 3. The molecule has 0 saturated heterocycles. The number of rotatable bonds is 7. The van der Waals surface area contributed by atoms with Gasteiger partial charge < -0.3 is 20.3 Å². The average molecular weight is 541 g/mol. The fourth-order valence-corrected chi connectivity index (χ4v) is 4.59. The van der Waals surface area contributed by atoms with Gasteiger partial charge in [-0.3, -0.25) is 14.4 Å². The van der Waals surface area contributed by atoms with Crippen LogP contribution in [0.15, 0.2) is 91.1 Å². The first-order valence-electron chi connectivity index (χ1n) is 12.3. The zero-order valence-electron chi connectivity index (χ0n) is 21.1. The second-order valence-corrected chi connectivity index (χ2v) is 9.48. The van der Waals surface area contributed by atoms with Crippen molar-refractivity contribution in [3.8, 4) is 5.75 Å². The van der Waals surface area contributed by atoms with E-state index in [1.165, 1.54) is 0 Å². The van der Waals surface area contributed by atoms with Gasteiger partial charge in [-0.05, 0) is 65.7 Å². The van der Waals surface area contributed by atoms with Gasteiger partial charge in [-0.2, -0.15) is 0 Å². The molecule has 0 radical (unpaired) electrons. The molecule has 0 spiro atoms. The topological polar surface area (TPSA) is 101 Å². The van der Waals surface area contributed by atoms with Crippen molar-refractivity contribution in [2.45, 2.75) is 19.0 Å². The van der Waals surface area contributed by atoms with E-state index in [2.05, 4.69) is 15.6 Å². The van der Waals surface area contributed by atoms with Gasteiger partial charge in [0.2, 0.25) is 5.91 Å². The lowest BCUT2D eigenvalue weighted by Crippen LogP contribution is -2.46. The zero-order chi connectivity index (χ0) is 27.4. The monoisotopic (exact) mass is 540 g/mol. The summed E-state index contributed by atoms with van der Waals surface area (Å²) >= 11 is 6.15. The van der Waals surface area contributed by atoms with Crippen molar-refractivity contribution < 1.29 is 19.1 Å². The van der Waals surface area contributed by atoms with Crippen LogP contribution < -0.4 is 15.4 Å². The van der Waals surface area contributed by atoms with Gasteiger partial charge in [-0.25, -0.2) is 4.98 Å². The second-order valence-electron chi connectivity index (χ2n) is 9.05. The molecule has 3 amide bonds. The molecule has 1 aliphatic heterocycles. The molecular formula is C30H25ClN4O4. The van der Waals surface area contributed by atoms with Gasteiger partial charge >= 0.3 is 0 Å². The van der Waals surface area contributed by atoms with Crippen LogP contribution in [0.1, 0.15) is 31.8 Å². The van der Waals surface area contributed by atoms with E-state index in [1.54, 1.807) is 78.9 Å². The summed E-state index contributed by atoms with van der Waals surface area (Å²) in [5.74, 6) is 0.245. The molecule has 2 heterocycles. The maximum Gasteiger partial charge on any atom is 0.256 e.